The highest BCUT2D eigenvalue weighted by molar-refractivity contribution is 5.69. The van der Waals surface area contributed by atoms with Crippen molar-refractivity contribution in [2.75, 3.05) is 46.3 Å². The molecule has 8 nitrogen and oxygen atoms in total. The van der Waals surface area contributed by atoms with Gasteiger partial charge in [-0.25, -0.2) is 0 Å². The summed E-state index contributed by atoms with van der Waals surface area (Å²) in [5, 5.41) is 13.6. The summed E-state index contributed by atoms with van der Waals surface area (Å²) in [6, 6.07) is 8.58. The van der Waals surface area contributed by atoms with Gasteiger partial charge in [0.05, 0.1) is 5.70 Å². The summed E-state index contributed by atoms with van der Waals surface area (Å²) in [6.07, 6.45) is 4.20. The Balaban J connectivity index is 1.49. The maximum absolute atomic E-state index is 10.1. The van der Waals surface area contributed by atoms with Crippen LogP contribution in [0.15, 0.2) is 41.9 Å². The monoisotopic (exact) mass is 413 g/mol. The fourth-order valence-electron chi connectivity index (χ4n) is 5.09. The zero-order valence-corrected chi connectivity index (χ0v) is 17.8. The molecule has 0 saturated carbocycles. The number of allylic oxidation sites excluding steroid dienone is 1. The quantitative estimate of drug-likeness (QED) is 0.422. The number of likely N-dealkylation sites (tertiary alicyclic amines) is 1. The molecule has 0 aromatic heterocycles. The lowest BCUT2D eigenvalue weighted by molar-refractivity contribution is 0.0528. The number of hydrogen-bond acceptors (Lipinski definition) is 8. The number of phenols is 1. The maximum atomic E-state index is 10.1. The molecule has 0 spiro atoms. The Morgan fingerprint density at radius 1 is 1.17 bits per heavy atom. The summed E-state index contributed by atoms with van der Waals surface area (Å²) in [6.45, 7) is 6.10. The van der Waals surface area contributed by atoms with Crippen LogP contribution in [0, 0.1) is 0 Å². The number of nitrogens with zero attached hydrogens (tertiary/aromatic N) is 3. The van der Waals surface area contributed by atoms with Gasteiger partial charge in [-0.15, -0.1) is 0 Å². The van der Waals surface area contributed by atoms with Crippen molar-refractivity contribution in [2.45, 2.75) is 31.0 Å². The van der Waals surface area contributed by atoms with Crippen LogP contribution in [0.4, 0.5) is 0 Å². The molecule has 1 aromatic carbocycles. The Morgan fingerprint density at radius 3 is 2.50 bits per heavy atom. The minimum absolute atomic E-state index is 0.149. The van der Waals surface area contributed by atoms with Crippen molar-refractivity contribution in [3.8, 4) is 5.75 Å². The predicted molar refractivity (Wildman–Crippen MR) is 120 cm³/mol. The molecule has 3 unspecified atom stereocenters. The third kappa shape index (κ3) is 4.21. The molecule has 3 atom stereocenters. The van der Waals surface area contributed by atoms with Crippen molar-refractivity contribution < 1.29 is 5.11 Å². The summed E-state index contributed by atoms with van der Waals surface area (Å²) in [5.74, 6) is 0.411. The van der Waals surface area contributed by atoms with Crippen LogP contribution in [-0.2, 0) is 0 Å². The van der Waals surface area contributed by atoms with Crippen LogP contribution in [-0.4, -0.2) is 84.2 Å². The lowest BCUT2D eigenvalue weighted by Crippen LogP contribution is -2.60. The standard InChI is InChI=1S/C22H35N7O/c1-27-9-8-26-11-17(27)14-29-15-6-7-16(29)13-28(12-15)20(22(24)25)10-19(23)18-4-2-3-5-21(18)30/h2-5,10,15-17,26,30H,6-9,11-14,23-25H2,1H3/b19-10-. The molecule has 0 aliphatic carbocycles. The molecule has 30 heavy (non-hydrogen) atoms. The van der Waals surface area contributed by atoms with Crippen LogP contribution in [0.1, 0.15) is 18.4 Å². The smallest absolute Gasteiger partial charge is 0.124 e. The fraction of sp³-hybridized carbons (Fsp3) is 0.545. The molecule has 3 fully saturated rings. The number of hydrogen-bond donors (Lipinski definition) is 5. The van der Waals surface area contributed by atoms with Gasteiger partial charge in [0.1, 0.15) is 11.6 Å². The minimum atomic E-state index is 0.149. The van der Waals surface area contributed by atoms with Crippen LogP contribution in [0.25, 0.3) is 5.70 Å². The molecule has 3 aliphatic heterocycles. The zero-order chi connectivity index (χ0) is 21.3. The average Bonchev–Trinajstić information content (AvgIpc) is 2.95. The Morgan fingerprint density at radius 2 is 1.87 bits per heavy atom. The maximum Gasteiger partial charge on any atom is 0.124 e. The number of rotatable bonds is 5. The van der Waals surface area contributed by atoms with Crippen molar-refractivity contribution in [1.29, 1.82) is 0 Å². The highest BCUT2D eigenvalue weighted by Crippen LogP contribution is 2.33. The second kappa shape index (κ2) is 8.75. The lowest BCUT2D eigenvalue weighted by Gasteiger charge is -2.45. The van der Waals surface area contributed by atoms with Gasteiger partial charge in [-0.05, 0) is 38.1 Å². The van der Waals surface area contributed by atoms with Gasteiger partial charge in [-0.1, -0.05) is 12.1 Å². The number of nitrogens with two attached hydrogens (primary N) is 3. The Bertz CT molecular complexity index is 805. The van der Waals surface area contributed by atoms with Crippen molar-refractivity contribution in [3.63, 3.8) is 0 Å². The van der Waals surface area contributed by atoms with E-state index >= 15 is 0 Å². The third-order valence-corrected chi connectivity index (χ3v) is 6.84. The topological polar surface area (TPSA) is 120 Å². The lowest BCUT2D eigenvalue weighted by atomic mass is 10.1. The largest absolute Gasteiger partial charge is 0.507 e. The van der Waals surface area contributed by atoms with Crippen molar-refractivity contribution in [3.05, 3.63) is 47.4 Å². The molecular weight excluding hydrogens is 378 g/mol. The molecule has 164 valence electrons. The van der Waals surface area contributed by atoms with E-state index in [1.165, 1.54) is 12.8 Å². The number of likely N-dealkylation sites (N-methyl/N-ethyl adjacent to an activating group) is 1. The summed E-state index contributed by atoms with van der Waals surface area (Å²) in [4.78, 5) is 7.43. The molecule has 8 N–H and O–H groups in total. The molecular formula is C22H35N7O. The van der Waals surface area contributed by atoms with Crippen LogP contribution in [0.2, 0.25) is 0 Å². The Hall–Kier alpha value is -2.42. The number of phenolic OH excluding ortho intramolecular Hbond substituents is 1. The summed E-state index contributed by atoms with van der Waals surface area (Å²) in [7, 11) is 2.23. The fourth-order valence-corrected chi connectivity index (χ4v) is 5.09. The van der Waals surface area contributed by atoms with E-state index in [4.69, 9.17) is 17.2 Å². The van der Waals surface area contributed by atoms with E-state index in [1.807, 2.05) is 6.07 Å². The number of aromatic hydroxyl groups is 1. The first kappa shape index (κ1) is 20.8. The number of para-hydroxylation sites is 1. The van der Waals surface area contributed by atoms with E-state index in [0.717, 1.165) is 45.0 Å². The number of fused-ring (bicyclic) bond motifs is 2. The number of benzene rings is 1. The van der Waals surface area contributed by atoms with Gasteiger partial charge in [0.2, 0.25) is 0 Å². The van der Waals surface area contributed by atoms with E-state index < -0.39 is 0 Å². The van der Waals surface area contributed by atoms with Crippen LogP contribution in [0.5, 0.6) is 5.75 Å². The van der Waals surface area contributed by atoms with Gasteiger partial charge in [0.15, 0.2) is 0 Å². The van der Waals surface area contributed by atoms with Crippen molar-refractivity contribution >= 4 is 5.70 Å². The molecule has 4 rings (SSSR count). The second-order valence-electron chi connectivity index (χ2n) is 8.78. The first-order valence-corrected chi connectivity index (χ1v) is 10.9. The third-order valence-electron chi connectivity index (χ3n) is 6.84. The highest BCUT2D eigenvalue weighted by Gasteiger charge is 2.41. The molecule has 3 heterocycles. The van der Waals surface area contributed by atoms with Crippen molar-refractivity contribution in [1.82, 2.24) is 20.0 Å². The van der Waals surface area contributed by atoms with Gasteiger partial charge in [-0.3, -0.25) is 9.80 Å². The van der Waals surface area contributed by atoms with Crippen LogP contribution in [0.3, 0.4) is 0 Å². The van der Waals surface area contributed by atoms with E-state index in [1.54, 1.807) is 24.3 Å². The number of nitrogens with one attached hydrogen (secondary N) is 1. The first-order chi connectivity index (χ1) is 14.4. The average molecular weight is 414 g/mol. The van der Waals surface area contributed by atoms with Crippen molar-refractivity contribution in [2.24, 2.45) is 17.2 Å². The van der Waals surface area contributed by atoms with Gasteiger partial charge in [0.25, 0.3) is 0 Å². The van der Waals surface area contributed by atoms with Gasteiger partial charge < -0.3 is 32.5 Å². The number of piperazine rings is 2. The van der Waals surface area contributed by atoms with E-state index in [-0.39, 0.29) is 11.6 Å². The van der Waals surface area contributed by atoms with Crippen LogP contribution < -0.4 is 22.5 Å². The normalized spacial score (nSPS) is 28.0. The van der Waals surface area contributed by atoms with E-state index in [2.05, 4.69) is 27.1 Å². The molecule has 3 saturated heterocycles. The Kier molecular flexibility index (Phi) is 6.08. The van der Waals surface area contributed by atoms with Gasteiger partial charge >= 0.3 is 0 Å². The first-order valence-electron chi connectivity index (χ1n) is 10.9. The molecule has 1 aromatic rings. The zero-order valence-electron chi connectivity index (χ0n) is 17.8. The molecule has 0 amide bonds. The molecule has 2 bridgehead atoms. The molecule has 8 heteroatoms. The van der Waals surface area contributed by atoms with E-state index in [9.17, 15) is 5.11 Å². The van der Waals surface area contributed by atoms with Crippen LogP contribution >= 0.6 is 0 Å². The SMILES string of the molecule is CN1CCNCC1CN1C2CCC1CN(C(/C=C(\N)c1ccccc1O)=C(N)N)C2. The van der Waals surface area contributed by atoms with Gasteiger partial charge in [0, 0.05) is 68.7 Å². The Labute approximate surface area is 179 Å². The van der Waals surface area contributed by atoms with E-state index in [0.29, 0.717) is 29.4 Å². The highest BCUT2D eigenvalue weighted by atomic mass is 16.3. The summed E-state index contributed by atoms with van der Waals surface area (Å²) < 4.78 is 0. The minimum Gasteiger partial charge on any atom is -0.507 e. The second-order valence-corrected chi connectivity index (χ2v) is 8.78. The molecule has 3 aliphatic rings. The van der Waals surface area contributed by atoms with Gasteiger partial charge in [-0.2, -0.15) is 0 Å². The summed E-state index contributed by atoms with van der Waals surface area (Å²) >= 11 is 0. The molecule has 0 radical (unpaired) electrons. The summed E-state index contributed by atoms with van der Waals surface area (Å²) in [5.41, 5.74) is 20.2. The predicted octanol–water partition coefficient (Wildman–Crippen LogP) is -0.169.